The Morgan fingerprint density at radius 3 is 1.71 bits per heavy atom. The third-order valence-electron chi connectivity index (χ3n) is 12.9. The maximum Gasteiger partial charge on any atom is 0.267 e. The predicted octanol–water partition coefficient (Wildman–Crippen LogP) is 4.45. The van der Waals surface area contributed by atoms with Gasteiger partial charge in [-0.1, -0.05) is 0 Å². The number of nitrogens with zero attached hydrogens (tertiary/aromatic N) is 1. The summed E-state index contributed by atoms with van der Waals surface area (Å²) in [6.45, 7) is 4.69. The Bertz CT molecular complexity index is 1090. The van der Waals surface area contributed by atoms with Crippen molar-refractivity contribution in [2.45, 2.75) is 103 Å². The third-order valence-corrected chi connectivity index (χ3v) is 14.4. The van der Waals surface area contributed by atoms with E-state index in [0.717, 1.165) is 83.8 Å². The van der Waals surface area contributed by atoms with Crippen molar-refractivity contribution in [3.8, 4) is 0 Å². The summed E-state index contributed by atoms with van der Waals surface area (Å²) in [6, 6.07) is 0. The topological polar surface area (TPSA) is 92.8 Å². The molecule has 0 aromatic carbocycles. The molecule has 0 unspecified atom stereocenters. The van der Waals surface area contributed by atoms with Gasteiger partial charge in [-0.3, -0.25) is 13.8 Å². The summed E-state index contributed by atoms with van der Waals surface area (Å²) in [4.78, 5) is 28.2. The zero-order valence-corrected chi connectivity index (χ0v) is 24.6. The van der Waals surface area contributed by atoms with Crippen LogP contribution in [0.1, 0.15) is 103 Å². The van der Waals surface area contributed by atoms with E-state index in [-0.39, 0.29) is 44.5 Å². The lowest BCUT2D eigenvalue weighted by atomic mass is 9.79. The molecule has 6 bridgehead atoms. The standard InChI is InChI=1S/C30H48N2O5S/c1-23(33)29-12-14-30(18-29,15-13-29)24(34)31-19-25-4-6-26(16-25,7-5-25)20-32(2)21-27-8-10-28(17-27,11-9-27)22-38(35,36)37-3/h4-22H2,1-3H3,(H,31,34). The lowest BCUT2D eigenvalue weighted by Crippen LogP contribution is -2.43. The van der Waals surface area contributed by atoms with Crippen LogP contribution < -0.4 is 5.32 Å². The molecule has 0 radical (unpaired) electrons. The third kappa shape index (κ3) is 4.39. The van der Waals surface area contributed by atoms with Gasteiger partial charge in [0.25, 0.3) is 10.1 Å². The van der Waals surface area contributed by atoms with Crippen LogP contribution in [0.3, 0.4) is 0 Å². The molecule has 0 aliphatic heterocycles. The van der Waals surface area contributed by atoms with Crippen molar-refractivity contribution in [3.05, 3.63) is 0 Å². The Balaban J connectivity index is 1.02. The molecule has 6 rings (SSSR count). The highest BCUT2D eigenvalue weighted by Crippen LogP contribution is 2.65. The second kappa shape index (κ2) is 8.75. The van der Waals surface area contributed by atoms with Gasteiger partial charge in [-0.2, -0.15) is 8.42 Å². The molecule has 0 saturated heterocycles. The largest absolute Gasteiger partial charge is 0.355 e. The van der Waals surface area contributed by atoms with Gasteiger partial charge in [0.1, 0.15) is 5.78 Å². The fourth-order valence-corrected chi connectivity index (χ4v) is 12.1. The van der Waals surface area contributed by atoms with Crippen molar-refractivity contribution >= 4 is 21.8 Å². The average Bonchev–Trinajstić information content (AvgIpc) is 3.70. The van der Waals surface area contributed by atoms with E-state index < -0.39 is 10.1 Å². The van der Waals surface area contributed by atoms with Gasteiger partial charge in [0.2, 0.25) is 5.91 Å². The fourth-order valence-electron chi connectivity index (χ4n) is 10.9. The minimum absolute atomic E-state index is 0.0791. The quantitative estimate of drug-likeness (QED) is 0.384. The van der Waals surface area contributed by atoms with E-state index in [9.17, 15) is 18.0 Å². The second-order valence-electron chi connectivity index (χ2n) is 15.4. The molecule has 0 aromatic heterocycles. The Morgan fingerprint density at radius 1 is 0.737 bits per heavy atom. The smallest absolute Gasteiger partial charge is 0.267 e. The average molecular weight is 549 g/mol. The Hall–Kier alpha value is -0.990. The minimum atomic E-state index is -3.42. The van der Waals surface area contributed by atoms with Crippen molar-refractivity contribution in [3.63, 3.8) is 0 Å². The molecule has 0 aromatic rings. The van der Waals surface area contributed by atoms with Crippen LogP contribution in [0, 0.1) is 32.5 Å². The molecule has 38 heavy (non-hydrogen) atoms. The van der Waals surface area contributed by atoms with Gasteiger partial charge < -0.3 is 10.2 Å². The summed E-state index contributed by atoms with van der Waals surface area (Å²) in [6.07, 6.45) is 15.7. The SMILES string of the molecule is COS(=O)(=O)CC12CCC(CN(C)CC34CCC(CNC(=O)C56CCC(C(C)=O)(CC5)C6)(CC3)C4)(CC1)C2. The normalized spacial score (nSPS) is 44.9. The number of hydrogen-bond acceptors (Lipinski definition) is 6. The summed E-state index contributed by atoms with van der Waals surface area (Å²) >= 11 is 0. The van der Waals surface area contributed by atoms with E-state index in [1.54, 1.807) is 6.92 Å². The van der Waals surface area contributed by atoms with Gasteiger partial charge in [-0.05, 0) is 132 Å². The number of carbonyl (C=O) groups is 2. The molecule has 8 heteroatoms. The summed E-state index contributed by atoms with van der Waals surface area (Å²) in [5.41, 5.74) is 0.262. The molecular formula is C30H48N2O5S. The van der Waals surface area contributed by atoms with Gasteiger partial charge in [0.15, 0.2) is 0 Å². The number of hydrogen-bond donors (Lipinski definition) is 1. The Kier molecular flexibility index (Phi) is 6.26. The zero-order valence-electron chi connectivity index (χ0n) is 23.8. The maximum atomic E-state index is 13.4. The minimum Gasteiger partial charge on any atom is -0.355 e. The van der Waals surface area contributed by atoms with Crippen molar-refractivity contribution in [2.24, 2.45) is 32.5 Å². The monoisotopic (exact) mass is 548 g/mol. The van der Waals surface area contributed by atoms with E-state index in [0.29, 0.717) is 5.41 Å². The van der Waals surface area contributed by atoms with Gasteiger partial charge in [-0.25, -0.2) is 0 Å². The first-order valence-corrected chi connectivity index (χ1v) is 16.6. The van der Waals surface area contributed by atoms with E-state index >= 15 is 0 Å². The molecule has 6 aliphatic rings. The van der Waals surface area contributed by atoms with Crippen LogP contribution in [-0.4, -0.2) is 64.6 Å². The Labute approximate surface area is 229 Å². The van der Waals surface area contributed by atoms with Gasteiger partial charge in [0.05, 0.1) is 18.3 Å². The Morgan fingerprint density at radius 2 is 1.21 bits per heavy atom. The van der Waals surface area contributed by atoms with Gasteiger partial charge >= 0.3 is 0 Å². The maximum absolute atomic E-state index is 13.4. The summed E-state index contributed by atoms with van der Waals surface area (Å²) in [5.74, 6) is 0.677. The number of carbonyl (C=O) groups excluding carboxylic acids is 2. The van der Waals surface area contributed by atoms with Crippen LogP contribution >= 0.6 is 0 Å². The number of rotatable bonds is 11. The number of fused-ring (bicyclic) bond motifs is 6. The molecule has 0 heterocycles. The van der Waals surface area contributed by atoms with Crippen LogP contribution in [0.15, 0.2) is 0 Å². The van der Waals surface area contributed by atoms with Crippen LogP contribution in [-0.2, 0) is 23.9 Å². The lowest BCUT2D eigenvalue weighted by Gasteiger charge is -2.37. The van der Waals surface area contributed by atoms with Crippen LogP contribution in [0.2, 0.25) is 0 Å². The van der Waals surface area contributed by atoms with E-state index in [4.69, 9.17) is 4.18 Å². The van der Waals surface area contributed by atoms with Crippen LogP contribution in [0.25, 0.3) is 0 Å². The summed E-state index contributed by atoms with van der Waals surface area (Å²) in [5, 5.41) is 3.41. The van der Waals surface area contributed by atoms with Crippen LogP contribution in [0.5, 0.6) is 0 Å². The lowest BCUT2D eigenvalue weighted by molar-refractivity contribution is -0.131. The molecule has 0 atom stereocenters. The molecule has 6 saturated carbocycles. The van der Waals surface area contributed by atoms with E-state index in [2.05, 4.69) is 17.3 Å². The predicted molar refractivity (Wildman–Crippen MR) is 146 cm³/mol. The highest BCUT2D eigenvalue weighted by molar-refractivity contribution is 7.86. The van der Waals surface area contributed by atoms with Crippen molar-refractivity contribution < 1.29 is 22.2 Å². The fraction of sp³-hybridized carbons (Fsp3) is 0.933. The first kappa shape index (κ1) is 27.2. The second-order valence-corrected chi connectivity index (χ2v) is 17.1. The zero-order chi connectivity index (χ0) is 27.1. The highest BCUT2D eigenvalue weighted by atomic mass is 32.2. The van der Waals surface area contributed by atoms with Crippen molar-refractivity contribution in [1.29, 1.82) is 0 Å². The molecule has 6 aliphatic carbocycles. The number of nitrogens with one attached hydrogen (secondary N) is 1. The summed E-state index contributed by atoms with van der Waals surface area (Å²) in [7, 11) is 0.135. The van der Waals surface area contributed by atoms with Gasteiger partial charge in [-0.15, -0.1) is 0 Å². The van der Waals surface area contributed by atoms with Crippen molar-refractivity contribution in [1.82, 2.24) is 10.2 Å². The van der Waals surface area contributed by atoms with Crippen LogP contribution in [0.4, 0.5) is 0 Å². The van der Waals surface area contributed by atoms with Gasteiger partial charge in [0, 0.05) is 25.0 Å². The number of Topliss-reactive ketones (excluding diaryl/α,β-unsaturated/α-hetero) is 1. The molecule has 1 N–H and O–H groups in total. The highest BCUT2D eigenvalue weighted by Gasteiger charge is 2.61. The van der Waals surface area contributed by atoms with E-state index in [1.807, 2.05) is 0 Å². The molecule has 0 spiro atoms. The molecule has 1 amide bonds. The summed E-state index contributed by atoms with van der Waals surface area (Å²) < 4.78 is 29.2. The van der Waals surface area contributed by atoms with Crippen molar-refractivity contribution in [2.75, 3.05) is 39.5 Å². The van der Waals surface area contributed by atoms with E-state index in [1.165, 1.54) is 39.2 Å². The molecule has 7 nitrogen and oxygen atoms in total. The number of ketones is 1. The molecule has 6 fully saturated rings. The first-order valence-electron chi connectivity index (χ1n) is 15.1. The first-order chi connectivity index (χ1) is 17.8. The molecule has 214 valence electrons. The number of amides is 1. The molecular weight excluding hydrogens is 500 g/mol.